The first-order valence-corrected chi connectivity index (χ1v) is 9.23. The number of rotatable bonds is 6. The minimum absolute atomic E-state index is 0.225. The van der Waals surface area contributed by atoms with Gasteiger partial charge in [0.05, 0.1) is 17.6 Å². The van der Waals surface area contributed by atoms with Crippen LogP contribution in [0.25, 0.3) is 10.9 Å². The molecule has 0 aliphatic heterocycles. The van der Waals surface area contributed by atoms with Crippen molar-refractivity contribution in [3.63, 3.8) is 0 Å². The molecule has 0 saturated heterocycles. The molecule has 0 saturated carbocycles. The highest BCUT2D eigenvalue weighted by molar-refractivity contribution is 6.32. The van der Waals surface area contributed by atoms with Crippen molar-refractivity contribution in [2.24, 2.45) is 0 Å². The van der Waals surface area contributed by atoms with E-state index in [0.29, 0.717) is 16.6 Å². The van der Waals surface area contributed by atoms with E-state index in [1.807, 2.05) is 24.3 Å². The number of methoxy groups -OCH3 is 1. The fraction of sp³-hybridized carbons (Fsp3) is 0.0909. The maximum atomic E-state index is 13.3. The topological polar surface area (TPSA) is 56.3 Å². The zero-order chi connectivity index (χ0) is 20.2. The third-order valence-corrected chi connectivity index (χ3v) is 4.62. The van der Waals surface area contributed by atoms with Crippen LogP contribution in [0.3, 0.4) is 0 Å². The molecule has 0 atom stereocenters. The Morgan fingerprint density at radius 2 is 1.93 bits per heavy atom. The van der Waals surface area contributed by atoms with E-state index >= 15 is 0 Å². The van der Waals surface area contributed by atoms with Crippen LogP contribution >= 0.6 is 11.6 Å². The first kappa shape index (κ1) is 19.0. The van der Waals surface area contributed by atoms with Gasteiger partial charge in [0, 0.05) is 17.1 Å². The molecule has 0 unspecified atom stereocenters. The Morgan fingerprint density at radius 3 is 2.72 bits per heavy atom. The summed E-state index contributed by atoms with van der Waals surface area (Å²) in [5.74, 6) is 1.59. The lowest BCUT2D eigenvalue weighted by molar-refractivity contribution is 0.306. The minimum atomic E-state index is -0.300. The molecule has 0 aliphatic rings. The molecule has 29 heavy (non-hydrogen) atoms. The van der Waals surface area contributed by atoms with Gasteiger partial charge in [0.2, 0.25) is 0 Å². The molecule has 0 bridgehead atoms. The Bertz CT molecular complexity index is 1170. The predicted octanol–water partition coefficient (Wildman–Crippen LogP) is 5.75. The molecule has 0 amide bonds. The van der Waals surface area contributed by atoms with Crippen molar-refractivity contribution in [3.8, 4) is 11.5 Å². The molecular formula is C22H17ClFN3O2. The highest BCUT2D eigenvalue weighted by atomic mass is 35.5. The molecule has 146 valence electrons. The van der Waals surface area contributed by atoms with Crippen LogP contribution in [0, 0.1) is 5.82 Å². The Labute approximate surface area is 172 Å². The number of nitrogens with zero attached hydrogens (tertiary/aromatic N) is 2. The Balaban J connectivity index is 1.52. The van der Waals surface area contributed by atoms with Crippen molar-refractivity contribution >= 4 is 34.0 Å². The average Bonchev–Trinajstić information content (AvgIpc) is 2.73. The molecule has 4 aromatic rings. The summed E-state index contributed by atoms with van der Waals surface area (Å²) in [5.41, 5.74) is 2.25. The van der Waals surface area contributed by atoms with E-state index in [1.165, 1.54) is 18.5 Å². The van der Waals surface area contributed by atoms with Crippen LogP contribution in [0.15, 0.2) is 67.0 Å². The zero-order valence-electron chi connectivity index (χ0n) is 15.5. The SMILES string of the molecule is COc1ccc2c(Nc3ccc(OCc4cccc(F)c4)c(Cl)c3)ncnc2c1. The smallest absolute Gasteiger partial charge is 0.141 e. The molecular weight excluding hydrogens is 393 g/mol. The van der Waals surface area contributed by atoms with Gasteiger partial charge in [-0.05, 0) is 48.0 Å². The fourth-order valence-corrected chi connectivity index (χ4v) is 3.12. The quantitative estimate of drug-likeness (QED) is 0.439. The summed E-state index contributed by atoms with van der Waals surface area (Å²) in [6.45, 7) is 0.225. The summed E-state index contributed by atoms with van der Waals surface area (Å²) in [6.07, 6.45) is 1.49. The summed E-state index contributed by atoms with van der Waals surface area (Å²) in [7, 11) is 1.61. The van der Waals surface area contributed by atoms with E-state index in [4.69, 9.17) is 21.1 Å². The van der Waals surface area contributed by atoms with Gasteiger partial charge in [-0.25, -0.2) is 14.4 Å². The van der Waals surface area contributed by atoms with Crippen molar-refractivity contribution in [1.29, 1.82) is 0 Å². The Kier molecular flexibility index (Phi) is 5.44. The summed E-state index contributed by atoms with van der Waals surface area (Å²) in [4.78, 5) is 8.60. The van der Waals surface area contributed by atoms with Crippen LogP contribution in [0.4, 0.5) is 15.9 Å². The van der Waals surface area contributed by atoms with Crippen LogP contribution < -0.4 is 14.8 Å². The largest absolute Gasteiger partial charge is 0.497 e. The normalized spacial score (nSPS) is 10.7. The van der Waals surface area contributed by atoms with Crippen molar-refractivity contribution in [3.05, 3.63) is 83.4 Å². The second-order valence-electron chi connectivity index (χ2n) is 6.29. The summed E-state index contributed by atoms with van der Waals surface area (Å²) in [5, 5.41) is 4.55. The fourth-order valence-electron chi connectivity index (χ4n) is 2.88. The standard InChI is InChI=1S/C22H17ClFN3O2/c1-28-17-6-7-18-20(11-17)25-13-26-22(18)27-16-5-8-21(19(23)10-16)29-12-14-3-2-4-15(24)9-14/h2-11,13H,12H2,1H3,(H,25,26,27). The van der Waals surface area contributed by atoms with Crippen LogP contribution in [0.2, 0.25) is 5.02 Å². The van der Waals surface area contributed by atoms with Gasteiger partial charge in [-0.1, -0.05) is 23.7 Å². The van der Waals surface area contributed by atoms with Crippen LogP contribution in [-0.2, 0) is 6.61 Å². The van der Waals surface area contributed by atoms with Gasteiger partial charge in [0.25, 0.3) is 0 Å². The number of anilines is 2. The first-order chi connectivity index (χ1) is 14.1. The van der Waals surface area contributed by atoms with E-state index in [-0.39, 0.29) is 12.4 Å². The van der Waals surface area contributed by atoms with Crippen molar-refractivity contribution in [2.45, 2.75) is 6.61 Å². The van der Waals surface area contributed by atoms with Crippen LogP contribution in [0.5, 0.6) is 11.5 Å². The molecule has 4 rings (SSSR count). The molecule has 5 nitrogen and oxygen atoms in total. The third-order valence-electron chi connectivity index (χ3n) is 4.32. The molecule has 7 heteroatoms. The van der Waals surface area contributed by atoms with Crippen molar-refractivity contribution < 1.29 is 13.9 Å². The van der Waals surface area contributed by atoms with Crippen molar-refractivity contribution in [2.75, 3.05) is 12.4 Å². The lowest BCUT2D eigenvalue weighted by atomic mass is 10.2. The Hall–Kier alpha value is -3.38. The third kappa shape index (κ3) is 4.38. The van der Waals surface area contributed by atoms with Gasteiger partial charge in [-0.2, -0.15) is 0 Å². The molecule has 1 heterocycles. The number of halogens is 2. The number of fused-ring (bicyclic) bond motifs is 1. The van der Waals surface area contributed by atoms with E-state index in [2.05, 4.69) is 15.3 Å². The number of ether oxygens (including phenoxy) is 2. The lowest BCUT2D eigenvalue weighted by Crippen LogP contribution is -1.98. The van der Waals surface area contributed by atoms with Crippen LogP contribution in [0.1, 0.15) is 5.56 Å². The molecule has 3 aromatic carbocycles. The van der Waals surface area contributed by atoms with Gasteiger partial charge >= 0.3 is 0 Å². The monoisotopic (exact) mass is 409 g/mol. The number of hydrogen-bond acceptors (Lipinski definition) is 5. The van der Waals surface area contributed by atoms with Gasteiger partial charge < -0.3 is 14.8 Å². The van der Waals surface area contributed by atoms with Crippen molar-refractivity contribution in [1.82, 2.24) is 9.97 Å². The Morgan fingerprint density at radius 1 is 1.03 bits per heavy atom. The highest BCUT2D eigenvalue weighted by Crippen LogP contribution is 2.31. The molecule has 0 radical (unpaired) electrons. The van der Waals surface area contributed by atoms with E-state index in [9.17, 15) is 4.39 Å². The van der Waals surface area contributed by atoms with E-state index in [1.54, 1.807) is 31.4 Å². The molecule has 0 fully saturated rings. The second-order valence-corrected chi connectivity index (χ2v) is 6.70. The number of nitrogens with one attached hydrogen (secondary N) is 1. The lowest BCUT2D eigenvalue weighted by Gasteiger charge is -2.12. The molecule has 1 N–H and O–H groups in total. The maximum absolute atomic E-state index is 13.3. The number of aromatic nitrogens is 2. The summed E-state index contributed by atoms with van der Waals surface area (Å²) in [6, 6.07) is 17.2. The van der Waals surface area contributed by atoms with Gasteiger partial charge in [-0.15, -0.1) is 0 Å². The second kappa shape index (κ2) is 8.32. The van der Waals surface area contributed by atoms with Gasteiger partial charge in [-0.3, -0.25) is 0 Å². The van der Waals surface area contributed by atoms with Gasteiger partial charge in [0.15, 0.2) is 0 Å². The average molecular weight is 410 g/mol. The van der Waals surface area contributed by atoms with Gasteiger partial charge in [0.1, 0.15) is 36.1 Å². The predicted molar refractivity (Wildman–Crippen MR) is 112 cm³/mol. The molecule has 1 aromatic heterocycles. The summed E-state index contributed by atoms with van der Waals surface area (Å²) >= 11 is 6.36. The highest BCUT2D eigenvalue weighted by Gasteiger charge is 2.08. The molecule has 0 aliphatic carbocycles. The zero-order valence-corrected chi connectivity index (χ0v) is 16.3. The van der Waals surface area contributed by atoms with Crippen LogP contribution in [-0.4, -0.2) is 17.1 Å². The van der Waals surface area contributed by atoms with E-state index < -0.39 is 0 Å². The van der Waals surface area contributed by atoms with E-state index in [0.717, 1.165) is 27.9 Å². The minimum Gasteiger partial charge on any atom is -0.497 e. The first-order valence-electron chi connectivity index (χ1n) is 8.85. The number of benzene rings is 3. The summed E-state index contributed by atoms with van der Waals surface area (Å²) < 4.78 is 24.2. The maximum Gasteiger partial charge on any atom is 0.141 e. The number of hydrogen-bond donors (Lipinski definition) is 1. The molecule has 0 spiro atoms.